The average Bonchev–Trinajstić information content (AvgIpc) is 2.61. The van der Waals surface area contributed by atoms with E-state index < -0.39 is 41.8 Å². The van der Waals surface area contributed by atoms with Gasteiger partial charge in [0, 0.05) is 19.0 Å². The summed E-state index contributed by atoms with van der Waals surface area (Å²) in [5.74, 6) is -2.16. The van der Waals surface area contributed by atoms with Gasteiger partial charge in [0.1, 0.15) is 11.6 Å². The van der Waals surface area contributed by atoms with Crippen LogP contribution in [-0.2, 0) is 31.8 Å². The number of aliphatic hydroxyl groups excluding tert-OH is 1. The number of carbonyl (C=O) groups is 3. The van der Waals surface area contributed by atoms with Crippen LogP contribution in [0.25, 0.3) is 0 Å². The summed E-state index contributed by atoms with van der Waals surface area (Å²) in [5.41, 5.74) is -1.29. The summed E-state index contributed by atoms with van der Waals surface area (Å²) in [7, 11) is 0. The molecule has 1 heterocycles. The lowest BCUT2D eigenvalue weighted by Crippen LogP contribution is -2.50. The zero-order valence-corrected chi connectivity index (χ0v) is 15.8. The topological polar surface area (TPSA) is 105 Å². The van der Waals surface area contributed by atoms with Gasteiger partial charge in [0.25, 0.3) is 5.91 Å². The van der Waals surface area contributed by atoms with Crippen LogP contribution in [0.3, 0.4) is 0 Å². The van der Waals surface area contributed by atoms with Gasteiger partial charge < -0.3 is 20.5 Å². The molecule has 0 aromatic heterocycles. The Labute approximate surface area is 164 Å². The number of aliphatic hydroxyl groups is 1. The lowest BCUT2D eigenvalue weighted by atomic mass is 9.98. The van der Waals surface area contributed by atoms with Gasteiger partial charge >= 0.3 is 6.18 Å². The quantitative estimate of drug-likeness (QED) is 0.654. The van der Waals surface area contributed by atoms with Gasteiger partial charge in [0.2, 0.25) is 5.91 Å². The highest BCUT2D eigenvalue weighted by molar-refractivity contribution is 6.03. The van der Waals surface area contributed by atoms with E-state index in [9.17, 15) is 32.7 Å². The van der Waals surface area contributed by atoms with Crippen LogP contribution >= 0.6 is 0 Å². The molecule has 0 bridgehead atoms. The van der Waals surface area contributed by atoms with Crippen LogP contribution in [0.2, 0.25) is 0 Å². The molecule has 3 N–H and O–H groups in total. The number of hydrogen-bond donors (Lipinski definition) is 3. The summed E-state index contributed by atoms with van der Waals surface area (Å²) in [6, 6.07) is 2.87. The molecule has 1 unspecified atom stereocenters. The first kappa shape index (κ1) is 22.4. The highest BCUT2D eigenvalue weighted by Gasteiger charge is 2.33. The molecule has 1 aromatic carbocycles. The molecule has 2 amide bonds. The van der Waals surface area contributed by atoms with Crippen LogP contribution in [0.4, 0.5) is 13.2 Å². The van der Waals surface area contributed by atoms with Crippen molar-refractivity contribution < 1.29 is 37.4 Å². The maximum atomic E-state index is 12.6. The monoisotopic (exact) mass is 414 g/mol. The second kappa shape index (κ2) is 8.64. The Hall–Kier alpha value is -2.88. The Morgan fingerprint density at radius 1 is 1.24 bits per heavy atom. The molecule has 158 valence electrons. The van der Waals surface area contributed by atoms with Crippen molar-refractivity contribution >= 4 is 17.6 Å². The van der Waals surface area contributed by atoms with Crippen molar-refractivity contribution in [2.24, 2.45) is 0 Å². The van der Waals surface area contributed by atoms with E-state index in [0.29, 0.717) is 5.56 Å². The Morgan fingerprint density at radius 3 is 2.38 bits per heavy atom. The first-order valence-corrected chi connectivity index (χ1v) is 8.70. The fraction of sp³-hybridized carbons (Fsp3) is 0.421. The molecule has 0 saturated carbocycles. The zero-order chi connectivity index (χ0) is 21.8. The number of ketones is 1. The predicted octanol–water partition coefficient (Wildman–Crippen LogP) is 1.45. The number of amides is 2. The van der Waals surface area contributed by atoms with Crippen LogP contribution in [-0.4, -0.2) is 41.0 Å². The van der Waals surface area contributed by atoms with Crippen LogP contribution < -0.4 is 10.6 Å². The molecule has 0 saturated heterocycles. The molecular formula is C19H21F3N2O5. The number of rotatable bonds is 6. The standard InChI is InChI=1S/C19H21F3N2O5/c1-18(2)8-13(26)7-15(29-18)17(28)24-14(10-25)16(27)23-9-11-3-5-12(6-4-11)19(20,21)22/h3-7,14,25H,8-10H2,1-2H3,(H,23,27)(H,24,28). The Balaban J connectivity index is 1.95. The smallest absolute Gasteiger partial charge is 0.416 e. The molecule has 1 atom stereocenters. The third-order valence-corrected chi connectivity index (χ3v) is 4.05. The number of ether oxygens (including phenoxy) is 1. The van der Waals surface area contributed by atoms with E-state index in [1.807, 2.05) is 0 Å². The van der Waals surface area contributed by atoms with Gasteiger partial charge in [-0.1, -0.05) is 12.1 Å². The van der Waals surface area contributed by atoms with Crippen molar-refractivity contribution in [2.45, 2.75) is 44.6 Å². The second-order valence-corrected chi connectivity index (χ2v) is 7.13. The summed E-state index contributed by atoms with van der Waals surface area (Å²) in [4.78, 5) is 36.1. The van der Waals surface area contributed by atoms with Crippen LogP contribution in [0.1, 0.15) is 31.4 Å². The fourth-order valence-corrected chi connectivity index (χ4v) is 2.64. The van der Waals surface area contributed by atoms with E-state index in [4.69, 9.17) is 4.74 Å². The van der Waals surface area contributed by atoms with Gasteiger partial charge in [0.05, 0.1) is 12.2 Å². The second-order valence-electron chi connectivity index (χ2n) is 7.13. The zero-order valence-electron chi connectivity index (χ0n) is 15.8. The van der Waals surface area contributed by atoms with Gasteiger partial charge in [-0.3, -0.25) is 14.4 Å². The van der Waals surface area contributed by atoms with E-state index in [-0.39, 0.29) is 24.5 Å². The number of allylic oxidation sites excluding steroid dienone is 1. The van der Waals surface area contributed by atoms with Gasteiger partial charge in [-0.15, -0.1) is 0 Å². The maximum absolute atomic E-state index is 12.6. The molecule has 29 heavy (non-hydrogen) atoms. The maximum Gasteiger partial charge on any atom is 0.416 e. The molecule has 0 radical (unpaired) electrons. The molecular weight excluding hydrogens is 393 g/mol. The van der Waals surface area contributed by atoms with Crippen molar-refractivity contribution in [1.82, 2.24) is 10.6 Å². The van der Waals surface area contributed by atoms with E-state index >= 15 is 0 Å². The molecule has 1 aromatic rings. The minimum Gasteiger partial charge on any atom is -0.482 e. The predicted molar refractivity (Wildman–Crippen MR) is 95.2 cm³/mol. The summed E-state index contributed by atoms with van der Waals surface area (Å²) < 4.78 is 43.1. The largest absolute Gasteiger partial charge is 0.482 e. The summed E-state index contributed by atoms with van der Waals surface area (Å²) in [6.07, 6.45) is -3.34. The molecule has 1 aliphatic heterocycles. The van der Waals surface area contributed by atoms with E-state index in [1.54, 1.807) is 13.8 Å². The molecule has 7 nitrogen and oxygen atoms in total. The van der Waals surface area contributed by atoms with Crippen LogP contribution in [0.5, 0.6) is 0 Å². The van der Waals surface area contributed by atoms with Gasteiger partial charge in [-0.2, -0.15) is 13.2 Å². The minimum absolute atomic E-state index is 0.0980. The van der Waals surface area contributed by atoms with Crippen molar-refractivity contribution in [3.05, 3.63) is 47.2 Å². The molecule has 2 rings (SSSR count). The Morgan fingerprint density at radius 2 is 1.86 bits per heavy atom. The number of carbonyl (C=O) groups excluding carboxylic acids is 3. The molecule has 1 aliphatic rings. The number of hydrogen-bond acceptors (Lipinski definition) is 5. The highest BCUT2D eigenvalue weighted by atomic mass is 19.4. The fourth-order valence-electron chi connectivity index (χ4n) is 2.64. The Kier molecular flexibility index (Phi) is 6.68. The third-order valence-electron chi connectivity index (χ3n) is 4.05. The van der Waals surface area contributed by atoms with E-state index in [2.05, 4.69) is 10.6 Å². The highest BCUT2D eigenvalue weighted by Crippen LogP contribution is 2.29. The SMILES string of the molecule is CC1(C)CC(=O)C=C(C(=O)NC(CO)C(=O)NCc2ccc(C(F)(F)F)cc2)O1. The van der Waals surface area contributed by atoms with E-state index in [0.717, 1.165) is 18.2 Å². The van der Waals surface area contributed by atoms with Crippen LogP contribution in [0.15, 0.2) is 36.1 Å². The summed E-state index contributed by atoms with van der Waals surface area (Å²) in [6.45, 7) is 2.43. The number of benzene rings is 1. The Bertz CT molecular complexity index is 816. The molecule has 0 spiro atoms. The minimum atomic E-state index is -4.46. The number of alkyl halides is 3. The first-order chi connectivity index (χ1) is 13.4. The van der Waals surface area contributed by atoms with Crippen molar-refractivity contribution in [2.75, 3.05) is 6.61 Å². The van der Waals surface area contributed by atoms with E-state index in [1.165, 1.54) is 12.1 Å². The van der Waals surface area contributed by atoms with Gasteiger partial charge in [-0.25, -0.2) is 0 Å². The first-order valence-electron chi connectivity index (χ1n) is 8.70. The third kappa shape index (κ3) is 6.31. The lowest BCUT2D eigenvalue weighted by molar-refractivity contribution is -0.137. The number of halogens is 3. The van der Waals surface area contributed by atoms with Crippen molar-refractivity contribution in [1.29, 1.82) is 0 Å². The van der Waals surface area contributed by atoms with Crippen LogP contribution in [0, 0.1) is 0 Å². The summed E-state index contributed by atoms with van der Waals surface area (Å²) >= 11 is 0. The summed E-state index contributed by atoms with van der Waals surface area (Å²) in [5, 5.41) is 14.1. The average molecular weight is 414 g/mol. The lowest BCUT2D eigenvalue weighted by Gasteiger charge is -2.30. The number of nitrogens with one attached hydrogen (secondary N) is 2. The van der Waals surface area contributed by atoms with Crippen molar-refractivity contribution in [3.8, 4) is 0 Å². The van der Waals surface area contributed by atoms with Crippen molar-refractivity contribution in [3.63, 3.8) is 0 Å². The molecule has 0 aliphatic carbocycles. The normalized spacial score (nSPS) is 17.0. The molecule has 0 fully saturated rings. The van der Waals surface area contributed by atoms with Gasteiger partial charge in [0.15, 0.2) is 11.5 Å². The molecule has 10 heteroatoms. The van der Waals surface area contributed by atoms with Gasteiger partial charge in [-0.05, 0) is 31.5 Å².